The van der Waals surface area contributed by atoms with E-state index in [4.69, 9.17) is 10.00 Å². The van der Waals surface area contributed by atoms with Crippen LogP contribution in [0.1, 0.15) is 11.1 Å². The lowest BCUT2D eigenvalue weighted by molar-refractivity contribution is 0.155. The number of nitrogens with one attached hydrogen (secondary N) is 1. The van der Waals surface area contributed by atoms with Gasteiger partial charge in [0.25, 0.3) is 0 Å². The maximum absolute atomic E-state index is 14.2. The number of benzene rings is 2. The number of nitriles is 1. The van der Waals surface area contributed by atoms with Crippen LogP contribution in [0.4, 0.5) is 14.9 Å². The van der Waals surface area contributed by atoms with Gasteiger partial charge in [-0.05, 0) is 23.8 Å². The third-order valence-electron chi connectivity index (χ3n) is 3.37. The van der Waals surface area contributed by atoms with Gasteiger partial charge in [0.15, 0.2) is 5.82 Å². The van der Waals surface area contributed by atoms with Crippen LogP contribution in [0.2, 0.25) is 0 Å². The summed E-state index contributed by atoms with van der Waals surface area (Å²) in [5, 5.41) is 15.2. The molecule has 0 atom stereocenters. The lowest BCUT2D eigenvalue weighted by atomic mass is 10.2. The first-order valence-electron chi connectivity index (χ1n) is 7.38. The zero-order chi connectivity index (χ0) is 17.6. The molecule has 0 aliphatic rings. The van der Waals surface area contributed by atoms with Gasteiger partial charge in [-0.1, -0.05) is 30.3 Å². The smallest absolute Gasteiger partial charge is 0.411 e. The lowest BCUT2D eigenvalue weighted by Gasteiger charge is -2.09. The number of hydrogen-bond acceptors (Lipinski definition) is 4. The van der Waals surface area contributed by atoms with E-state index in [1.54, 1.807) is 0 Å². The zero-order valence-corrected chi connectivity index (χ0v) is 13.0. The van der Waals surface area contributed by atoms with E-state index in [2.05, 4.69) is 10.4 Å². The van der Waals surface area contributed by atoms with Crippen molar-refractivity contribution >= 4 is 11.8 Å². The number of anilines is 1. The van der Waals surface area contributed by atoms with E-state index < -0.39 is 11.9 Å². The number of carbonyl (C=O) groups is 1. The largest absolute Gasteiger partial charge is 0.444 e. The van der Waals surface area contributed by atoms with Gasteiger partial charge in [-0.3, -0.25) is 5.32 Å². The van der Waals surface area contributed by atoms with E-state index in [1.165, 1.54) is 29.2 Å². The minimum absolute atomic E-state index is 0.122. The second-order valence-electron chi connectivity index (χ2n) is 5.14. The van der Waals surface area contributed by atoms with Crippen LogP contribution < -0.4 is 5.32 Å². The summed E-state index contributed by atoms with van der Waals surface area (Å²) < 4.78 is 20.5. The summed E-state index contributed by atoms with van der Waals surface area (Å²) in [7, 11) is 0. The molecule has 1 amide bonds. The van der Waals surface area contributed by atoms with E-state index >= 15 is 0 Å². The summed E-state index contributed by atoms with van der Waals surface area (Å²) in [6.45, 7) is 0.122. The SMILES string of the molecule is N#Cc1cnn(-c2ccc(NC(=O)OCc3ccccc3)cc2F)c1. The summed E-state index contributed by atoms with van der Waals surface area (Å²) in [4.78, 5) is 11.8. The number of amides is 1. The average Bonchev–Trinajstić information content (AvgIpc) is 3.10. The van der Waals surface area contributed by atoms with E-state index in [9.17, 15) is 9.18 Å². The Hall–Kier alpha value is -3.66. The summed E-state index contributed by atoms with van der Waals surface area (Å²) >= 11 is 0. The number of aromatic nitrogens is 2. The Morgan fingerprint density at radius 3 is 2.76 bits per heavy atom. The van der Waals surface area contributed by atoms with Crippen LogP contribution in [0.5, 0.6) is 0 Å². The molecule has 124 valence electrons. The standard InChI is InChI=1S/C18H13FN4O2/c19-16-8-15(6-7-17(16)23-11-14(9-20)10-21-23)22-18(24)25-12-13-4-2-1-3-5-13/h1-8,10-11H,12H2,(H,22,24). The molecular formula is C18H13FN4O2. The Labute approximate surface area is 143 Å². The molecule has 0 radical (unpaired) electrons. The second kappa shape index (κ2) is 7.27. The quantitative estimate of drug-likeness (QED) is 0.789. The fourth-order valence-electron chi connectivity index (χ4n) is 2.16. The lowest BCUT2D eigenvalue weighted by Crippen LogP contribution is -2.14. The van der Waals surface area contributed by atoms with Gasteiger partial charge in [0.2, 0.25) is 0 Å². The normalized spacial score (nSPS) is 10.1. The summed E-state index contributed by atoms with van der Waals surface area (Å²) in [5.41, 5.74) is 1.61. The molecule has 25 heavy (non-hydrogen) atoms. The number of ether oxygens (including phenoxy) is 1. The molecule has 0 saturated heterocycles. The van der Waals surface area contributed by atoms with Crippen LogP contribution in [0.3, 0.4) is 0 Å². The van der Waals surface area contributed by atoms with Crippen LogP contribution in [0.25, 0.3) is 5.69 Å². The van der Waals surface area contributed by atoms with Gasteiger partial charge in [0, 0.05) is 11.9 Å². The van der Waals surface area contributed by atoms with Crippen molar-refractivity contribution in [3.8, 4) is 11.8 Å². The van der Waals surface area contributed by atoms with Gasteiger partial charge >= 0.3 is 6.09 Å². The van der Waals surface area contributed by atoms with Gasteiger partial charge in [0.05, 0.1) is 11.8 Å². The molecule has 1 N–H and O–H groups in total. The van der Waals surface area contributed by atoms with Crippen LogP contribution in [0, 0.1) is 17.1 Å². The second-order valence-corrected chi connectivity index (χ2v) is 5.14. The maximum Gasteiger partial charge on any atom is 0.411 e. The van der Waals surface area contributed by atoms with Crippen molar-refractivity contribution in [2.75, 3.05) is 5.32 Å². The minimum atomic E-state index is -0.679. The Bertz CT molecular complexity index is 932. The highest BCUT2D eigenvalue weighted by Gasteiger charge is 2.10. The predicted octanol–water partition coefficient (Wildman–Crippen LogP) is 3.63. The summed E-state index contributed by atoms with van der Waals surface area (Å²) in [5.74, 6) is -0.589. The van der Waals surface area contributed by atoms with E-state index in [1.807, 2.05) is 36.4 Å². The summed E-state index contributed by atoms with van der Waals surface area (Å²) in [6, 6.07) is 15.3. The average molecular weight is 336 g/mol. The van der Waals surface area contributed by atoms with Crippen molar-refractivity contribution in [3.05, 3.63) is 77.9 Å². The highest BCUT2D eigenvalue weighted by atomic mass is 19.1. The first-order valence-corrected chi connectivity index (χ1v) is 7.38. The van der Waals surface area contributed by atoms with E-state index in [0.717, 1.165) is 11.6 Å². The molecule has 3 rings (SSSR count). The third-order valence-corrected chi connectivity index (χ3v) is 3.37. The molecule has 0 aliphatic carbocycles. The van der Waals surface area contributed by atoms with Crippen LogP contribution in [-0.4, -0.2) is 15.9 Å². The number of halogens is 1. The molecule has 0 fully saturated rings. The number of rotatable bonds is 4. The third kappa shape index (κ3) is 4.00. The van der Waals surface area contributed by atoms with Crippen LogP contribution in [0.15, 0.2) is 60.9 Å². The molecule has 6 nitrogen and oxygen atoms in total. The van der Waals surface area contributed by atoms with Gasteiger partial charge < -0.3 is 4.74 Å². The molecule has 0 aliphatic heterocycles. The Morgan fingerprint density at radius 1 is 1.28 bits per heavy atom. The zero-order valence-electron chi connectivity index (χ0n) is 13.0. The van der Waals surface area contributed by atoms with Crippen molar-refractivity contribution in [2.45, 2.75) is 6.61 Å². The van der Waals surface area contributed by atoms with Crippen LogP contribution in [-0.2, 0) is 11.3 Å². The predicted molar refractivity (Wildman–Crippen MR) is 88.5 cm³/mol. The van der Waals surface area contributed by atoms with Crippen molar-refractivity contribution < 1.29 is 13.9 Å². The Kier molecular flexibility index (Phi) is 4.72. The van der Waals surface area contributed by atoms with Crippen molar-refractivity contribution in [2.24, 2.45) is 0 Å². The summed E-state index contributed by atoms with van der Waals surface area (Å²) in [6.07, 6.45) is 2.08. The van der Waals surface area contributed by atoms with E-state index in [-0.39, 0.29) is 18.0 Å². The van der Waals surface area contributed by atoms with Crippen molar-refractivity contribution in [1.82, 2.24) is 9.78 Å². The molecule has 0 bridgehead atoms. The molecule has 1 aromatic heterocycles. The van der Waals surface area contributed by atoms with Gasteiger partial charge in [-0.25, -0.2) is 13.9 Å². The monoisotopic (exact) mass is 336 g/mol. The Balaban J connectivity index is 1.64. The molecule has 0 saturated carbocycles. The van der Waals surface area contributed by atoms with E-state index in [0.29, 0.717) is 5.56 Å². The fraction of sp³-hybridized carbons (Fsp3) is 0.0556. The molecule has 0 unspecified atom stereocenters. The maximum atomic E-state index is 14.2. The topological polar surface area (TPSA) is 79.9 Å². The van der Waals surface area contributed by atoms with Crippen LogP contribution >= 0.6 is 0 Å². The Morgan fingerprint density at radius 2 is 2.08 bits per heavy atom. The minimum Gasteiger partial charge on any atom is -0.444 e. The molecule has 7 heteroatoms. The van der Waals surface area contributed by atoms with Gasteiger partial charge in [0.1, 0.15) is 18.4 Å². The first kappa shape index (κ1) is 16.2. The first-order chi connectivity index (χ1) is 12.2. The van der Waals surface area contributed by atoms with Crippen molar-refractivity contribution in [3.63, 3.8) is 0 Å². The fourth-order valence-corrected chi connectivity index (χ4v) is 2.16. The highest BCUT2D eigenvalue weighted by molar-refractivity contribution is 5.84. The van der Waals surface area contributed by atoms with Gasteiger partial charge in [-0.2, -0.15) is 10.4 Å². The number of carbonyl (C=O) groups excluding carboxylic acids is 1. The molecular weight excluding hydrogens is 323 g/mol. The molecule has 2 aromatic carbocycles. The number of nitrogens with zero attached hydrogens (tertiary/aromatic N) is 3. The van der Waals surface area contributed by atoms with Crippen molar-refractivity contribution in [1.29, 1.82) is 5.26 Å². The highest BCUT2D eigenvalue weighted by Crippen LogP contribution is 2.18. The van der Waals surface area contributed by atoms with Gasteiger partial charge in [-0.15, -0.1) is 0 Å². The molecule has 1 heterocycles. The number of hydrogen-bond donors (Lipinski definition) is 1. The molecule has 0 spiro atoms. The molecule has 3 aromatic rings.